The van der Waals surface area contributed by atoms with Crippen LogP contribution in [0.1, 0.15) is 50.5 Å². The Balaban J connectivity index is 1.50. The number of amides is 2. The number of carbonyl (C=O) groups excluding carboxylic acids is 2. The average Bonchev–Trinajstić information content (AvgIpc) is 3.45. The first-order valence-electron chi connectivity index (χ1n) is 10.1. The molecular weight excluding hydrogens is 437 g/mol. The van der Waals surface area contributed by atoms with E-state index in [1.807, 2.05) is 0 Å². The zero-order valence-electron chi connectivity index (χ0n) is 17.7. The average molecular weight is 460 g/mol. The number of sulfone groups is 1. The number of nitriles is 1. The fourth-order valence-corrected chi connectivity index (χ4v) is 5.30. The fraction of sp³-hybridized carbons (Fsp3) is 0.429. The van der Waals surface area contributed by atoms with Gasteiger partial charge in [0.05, 0.1) is 10.3 Å². The van der Waals surface area contributed by atoms with Crippen LogP contribution in [0.5, 0.6) is 0 Å². The molecule has 4 rings (SSSR count). The van der Waals surface area contributed by atoms with Crippen molar-refractivity contribution >= 4 is 21.7 Å². The number of nitrogens with zero attached hydrogens (tertiary/aromatic N) is 4. The molecule has 0 unspecified atom stereocenters. The molecule has 2 amide bonds. The summed E-state index contributed by atoms with van der Waals surface area (Å²) in [5, 5.41) is 15.7. The lowest BCUT2D eigenvalue weighted by atomic mass is 10.0. The van der Waals surface area contributed by atoms with Gasteiger partial charge >= 0.3 is 0 Å². The quantitative estimate of drug-likeness (QED) is 0.685. The molecule has 1 N–H and O–H groups in total. The lowest BCUT2D eigenvalue weighted by Gasteiger charge is -2.30. The van der Waals surface area contributed by atoms with E-state index in [0.717, 1.165) is 0 Å². The number of rotatable bonds is 6. The maximum absolute atomic E-state index is 13.8. The van der Waals surface area contributed by atoms with Crippen molar-refractivity contribution in [2.24, 2.45) is 7.05 Å². The Labute approximate surface area is 184 Å². The van der Waals surface area contributed by atoms with E-state index in [1.165, 1.54) is 28.0 Å². The van der Waals surface area contributed by atoms with Crippen LogP contribution in [0.3, 0.4) is 0 Å². The van der Waals surface area contributed by atoms with E-state index in [1.54, 1.807) is 19.2 Å². The highest BCUT2D eigenvalue weighted by molar-refractivity contribution is 7.92. The zero-order chi connectivity index (χ0) is 23.3. The van der Waals surface area contributed by atoms with Gasteiger partial charge in [0.2, 0.25) is 0 Å². The lowest BCUT2D eigenvalue weighted by molar-refractivity contribution is 0.0724. The number of halogens is 1. The second-order valence-electron chi connectivity index (χ2n) is 8.34. The number of aromatic nitrogens is 2. The topological polar surface area (TPSA) is 125 Å². The van der Waals surface area contributed by atoms with Gasteiger partial charge < -0.3 is 10.2 Å². The number of aryl methyl sites for hydroxylation is 1. The van der Waals surface area contributed by atoms with Crippen LogP contribution in [-0.2, 0) is 29.9 Å². The number of hydrogen-bond acceptors (Lipinski definition) is 6. The molecule has 0 saturated heterocycles. The van der Waals surface area contributed by atoms with Crippen LogP contribution >= 0.6 is 0 Å². The van der Waals surface area contributed by atoms with Crippen molar-refractivity contribution in [3.63, 3.8) is 0 Å². The standard InChI is InChI=1S/C21H22FN5O4S/c1-26-18-15(5-8-27(20(18)29)12-21(6-7-21)32(2,30)31)17(25-26)19(28)24-11-13-3-4-14(10-23)16(22)9-13/h3-4,9H,5-8,11-12H2,1-2H3,(H,24,28). The summed E-state index contributed by atoms with van der Waals surface area (Å²) >= 11 is 0. The molecule has 2 aromatic rings. The maximum atomic E-state index is 13.8. The first kappa shape index (κ1) is 22.0. The Kier molecular flexibility index (Phi) is 5.29. The van der Waals surface area contributed by atoms with Crippen LogP contribution in [0.2, 0.25) is 0 Å². The van der Waals surface area contributed by atoms with Gasteiger partial charge in [0.1, 0.15) is 17.6 Å². The van der Waals surface area contributed by atoms with Gasteiger partial charge in [-0.25, -0.2) is 12.8 Å². The Morgan fingerprint density at radius 1 is 1.38 bits per heavy atom. The van der Waals surface area contributed by atoms with Crippen LogP contribution in [-0.4, -0.2) is 59.0 Å². The molecule has 1 fully saturated rings. The summed E-state index contributed by atoms with van der Waals surface area (Å²) in [6, 6.07) is 5.82. The van der Waals surface area contributed by atoms with Gasteiger partial charge in [0.25, 0.3) is 11.8 Å². The van der Waals surface area contributed by atoms with Crippen LogP contribution in [0, 0.1) is 17.1 Å². The summed E-state index contributed by atoms with van der Waals surface area (Å²) < 4.78 is 38.5. The summed E-state index contributed by atoms with van der Waals surface area (Å²) in [6.07, 6.45) is 2.66. The Bertz CT molecular complexity index is 1270. The lowest BCUT2D eigenvalue weighted by Crippen LogP contribution is -2.46. The Hall–Kier alpha value is -3.26. The van der Waals surface area contributed by atoms with Crippen molar-refractivity contribution in [2.75, 3.05) is 19.3 Å². The van der Waals surface area contributed by atoms with Crippen LogP contribution in [0.4, 0.5) is 4.39 Å². The van der Waals surface area contributed by atoms with Crippen molar-refractivity contribution in [3.8, 4) is 6.07 Å². The van der Waals surface area contributed by atoms with Gasteiger partial charge in [0.15, 0.2) is 15.5 Å². The summed E-state index contributed by atoms with van der Waals surface area (Å²) in [4.78, 5) is 27.3. The van der Waals surface area contributed by atoms with Gasteiger partial charge in [-0.1, -0.05) is 6.07 Å². The number of carbonyl (C=O) groups is 2. The van der Waals surface area contributed by atoms with Crippen molar-refractivity contribution in [3.05, 3.63) is 52.1 Å². The molecule has 1 aliphatic heterocycles. The third-order valence-corrected chi connectivity index (χ3v) is 8.27. The van der Waals surface area contributed by atoms with E-state index < -0.39 is 26.3 Å². The number of hydrogen-bond donors (Lipinski definition) is 1. The van der Waals surface area contributed by atoms with Crippen LogP contribution < -0.4 is 5.32 Å². The minimum absolute atomic E-state index is 0.0315. The highest BCUT2D eigenvalue weighted by Crippen LogP contribution is 2.44. The van der Waals surface area contributed by atoms with E-state index >= 15 is 0 Å². The van der Waals surface area contributed by atoms with Gasteiger partial charge in [-0.2, -0.15) is 10.4 Å². The monoisotopic (exact) mass is 459 g/mol. The van der Waals surface area contributed by atoms with Crippen LogP contribution in [0.25, 0.3) is 0 Å². The Morgan fingerprint density at radius 3 is 2.69 bits per heavy atom. The zero-order valence-corrected chi connectivity index (χ0v) is 18.5. The molecule has 9 nitrogen and oxygen atoms in total. The smallest absolute Gasteiger partial charge is 0.272 e. The van der Waals surface area contributed by atoms with Gasteiger partial charge in [0, 0.05) is 38.5 Å². The van der Waals surface area contributed by atoms with Gasteiger partial charge in [-0.3, -0.25) is 14.3 Å². The molecule has 1 aromatic heterocycles. The summed E-state index contributed by atoms with van der Waals surface area (Å²) in [7, 11) is -1.71. The van der Waals surface area contributed by atoms with Crippen molar-refractivity contribution in [1.82, 2.24) is 20.0 Å². The fourth-order valence-electron chi connectivity index (χ4n) is 4.06. The minimum atomic E-state index is -3.28. The van der Waals surface area contributed by atoms with Crippen LogP contribution in [0.15, 0.2) is 18.2 Å². The molecule has 0 atom stereocenters. The first-order valence-corrected chi connectivity index (χ1v) is 12.0. The summed E-state index contributed by atoms with van der Waals surface area (Å²) in [5.41, 5.74) is 1.31. The number of fused-ring (bicyclic) bond motifs is 1. The predicted molar refractivity (Wildman–Crippen MR) is 112 cm³/mol. The maximum Gasteiger partial charge on any atom is 0.272 e. The van der Waals surface area contributed by atoms with Gasteiger partial charge in [-0.15, -0.1) is 0 Å². The van der Waals surface area contributed by atoms with Crippen molar-refractivity contribution in [2.45, 2.75) is 30.6 Å². The number of benzene rings is 1. The van der Waals surface area contributed by atoms with E-state index in [9.17, 15) is 22.4 Å². The molecule has 1 saturated carbocycles. The number of nitrogens with one attached hydrogen (secondary N) is 1. The summed E-state index contributed by atoms with van der Waals surface area (Å²) in [6.45, 7) is 0.473. The second-order valence-corrected chi connectivity index (χ2v) is 10.8. The van der Waals surface area contributed by atoms with Gasteiger partial charge in [-0.05, 0) is 37.0 Å². The molecular formula is C21H22FN5O4S. The Morgan fingerprint density at radius 2 is 2.09 bits per heavy atom. The highest BCUT2D eigenvalue weighted by atomic mass is 32.2. The molecule has 0 bridgehead atoms. The van der Waals surface area contributed by atoms with E-state index in [-0.39, 0.29) is 35.9 Å². The molecule has 2 aliphatic rings. The highest BCUT2D eigenvalue weighted by Gasteiger charge is 2.54. The predicted octanol–water partition coefficient (Wildman–Crippen LogP) is 0.936. The third-order valence-electron chi connectivity index (χ3n) is 6.16. The minimum Gasteiger partial charge on any atom is -0.347 e. The third kappa shape index (κ3) is 3.75. The normalized spacial score (nSPS) is 16.9. The molecule has 168 valence electrons. The molecule has 1 aliphatic carbocycles. The van der Waals surface area contributed by atoms with Crippen molar-refractivity contribution in [1.29, 1.82) is 5.26 Å². The summed E-state index contributed by atoms with van der Waals surface area (Å²) in [5.74, 6) is -1.50. The largest absolute Gasteiger partial charge is 0.347 e. The molecule has 0 radical (unpaired) electrons. The molecule has 11 heteroatoms. The van der Waals surface area contributed by atoms with Crippen molar-refractivity contribution < 1.29 is 22.4 Å². The first-order chi connectivity index (χ1) is 15.1. The molecule has 32 heavy (non-hydrogen) atoms. The second kappa shape index (κ2) is 7.70. The van der Waals surface area contributed by atoms with E-state index in [2.05, 4.69) is 10.4 Å². The van der Waals surface area contributed by atoms with E-state index in [4.69, 9.17) is 5.26 Å². The SMILES string of the molecule is Cn1nc(C(=O)NCc2ccc(C#N)c(F)c2)c2c1C(=O)N(CC1(S(C)(=O)=O)CC1)CC2. The molecule has 1 aromatic carbocycles. The molecule has 2 heterocycles. The molecule has 0 spiro atoms. The van der Waals surface area contributed by atoms with E-state index in [0.29, 0.717) is 36.9 Å².